The minimum atomic E-state index is -1.53. The van der Waals surface area contributed by atoms with Gasteiger partial charge in [-0.3, -0.25) is 0 Å². The number of benzene rings is 4. The van der Waals surface area contributed by atoms with Crippen molar-refractivity contribution in [3.05, 3.63) is 263 Å². The van der Waals surface area contributed by atoms with E-state index in [-0.39, 0.29) is 11.1 Å². The summed E-state index contributed by atoms with van der Waals surface area (Å²) in [5.41, 5.74) is 8.75. The van der Waals surface area contributed by atoms with E-state index in [0.29, 0.717) is 41.5 Å². The number of halogens is 3. The van der Waals surface area contributed by atoms with Crippen LogP contribution < -0.4 is 0 Å². The van der Waals surface area contributed by atoms with Gasteiger partial charge in [-0.05, 0) is 145 Å². The zero-order chi connectivity index (χ0) is 74.2. The number of fused-ring (bicyclic) bond motifs is 4. The van der Waals surface area contributed by atoms with E-state index >= 15 is 0 Å². The van der Waals surface area contributed by atoms with Crippen LogP contribution in [-0.2, 0) is 31.8 Å². The van der Waals surface area contributed by atoms with Crippen molar-refractivity contribution in [2.45, 2.75) is 163 Å². The second-order valence-electron chi connectivity index (χ2n) is 26.9. The first-order chi connectivity index (χ1) is 50.4. The molecule has 0 aliphatic carbocycles. The van der Waals surface area contributed by atoms with Crippen molar-refractivity contribution in [1.82, 2.24) is 38.2 Å². The molecule has 0 bridgehead atoms. The maximum atomic E-state index is 13.4. The first kappa shape index (κ1) is 74.1. The fourth-order valence-electron chi connectivity index (χ4n) is 14.2. The number of hydrogen-bond donors (Lipinski definition) is 12. The van der Waals surface area contributed by atoms with Gasteiger partial charge in [-0.2, -0.15) is 0 Å². The highest BCUT2D eigenvalue weighted by atomic mass is 19.1. The Bertz CT molecular complexity index is 4780. The number of aliphatic hydroxyl groups is 12. The van der Waals surface area contributed by atoms with Crippen molar-refractivity contribution >= 4 is 44.1 Å². The van der Waals surface area contributed by atoms with Crippen molar-refractivity contribution in [2.24, 2.45) is 0 Å². The van der Waals surface area contributed by atoms with Crippen molar-refractivity contribution in [3.63, 3.8) is 0 Å². The van der Waals surface area contributed by atoms with E-state index in [2.05, 4.69) is 19.9 Å². The average molecular weight is 1440 g/mol. The summed E-state index contributed by atoms with van der Waals surface area (Å²) in [7, 11) is 0. The first-order valence-corrected chi connectivity index (χ1v) is 34.2. The number of aryl methyl sites for hydroxylation is 4. The van der Waals surface area contributed by atoms with Gasteiger partial charge in [0.05, 0.1) is 12.2 Å². The second kappa shape index (κ2) is 31.5. The lowest BCUT2D eigenvalue weighted by Gasteiger charge is -2.21. The molecule has 8 aromatic heterocycles. The average Bonchev–Trinajstić information content (AvgIpc) is 1.64. The molecule has 4 aromatic carbocycles. The molecule has 24 nitrogen and oxygen atoms in total. The summed E-state index contributed by atoms with van der Waals surface area (Å²) in [6.45, 7) is 7.84. The highest BCUT2D eigenvalue weighted by molar-refractivity contribution is 5.82. The fraction of sp³-hybridized carbons (Fsp3) is 0.333. The maximum absolute atomic E-state index is 13.4. The van der Waals surface area contributed by atoms with Crippen molar-refractivity contribution in [1.29, 1.82) is 0 Å². The van der Waals surface area contributed by atoms with Crippen LogP contribution in [0.1, 0.15) is 81.6 Å². The van der Waals surface area contributed by atoms with Gasteiger partial charge in [0.25, 0.3) is 0 Å². The van der Waals surface area contributed by atoms with Gasteiger partial charge in [0.15, 0.2) is 24.9 Å². The molecule has 4 saturated heterocycles. The van der Waals surface area contributed by atoms with Gasteiger partial charge in [0.1, 0.15) is 125 Å². The Morgan fingerprint density at radius 1 is 0.333 bits per heavy atom. The number of aromatic nitrogens is 8. The summed E-state index contributed by atoms with van der Waals surface area (Å²) in [6.07, 6.45) is -8.05. The highest BCUT2D eigenvalue weighted by Gasteiger charge is 2.51. The van der Waals surface area contributed by atoms with Crippen LogP contribution in [0, 0.1) is 45.1 Å². The van der Waals surface area contributed by atoms with Gasteiger partial charge in [0.2, 0.25) is 0 Å². The molecule has 0 saturated carbocycles. The second-order valence-corrected chi connectivity index (χ2v) is 26.9. The lowest BCUT2D eigenvalue weighted by molar-refractivity contribution is -0.0849. The third-order valence-electron chi connectivity index (χ3n) is 19.9. The number of pyridine rings is 4. The zero-order valence-corrected chi connectivity index (χ0v) is 57.2. The van der Waals surface area contributed by atoms with Crippen molar-refractivity contribution in [2.75, 3.05) is 0 Å². The molecule has 105 heavy (non-hydrogen) atoms. The molecule has 12 heterocycles. The number of aliphatic hydroxyl groups excluding tert-OH is 12. The summed E-state index contributed by atoms with van der Waals surface area (Å²) in [5.74, 6) is -2.21. The molecule has 550 valence electrons. The van der Waals surface area contributed by atoms with Gasteiger partial charge in [-0.1, -0.05) is 72.8 Å². The molecule has 20 unspecified atom stereocenters. The Labute approximate surface area is 599 Å². The van der Waals surface area contributed by atoms with Gasteiger partial charge >= 0.3 is 0 Å². The molecule has 0 amide bonds. The van der Waals surface area contributed by atoms with Gasteiger partial charge in [0, 0.05) is 90.0 Å². The third kappa shape index (κ3) is 15.1. The first-order valence-electron chi connectivity index (χ1n) is 34.2. The molecule has 4 aliphatic rings. The Morgan fingerprint density at radius 3 is 0.952 bits per heavy atom. The van der Waals surface area contributed by atoms with Crippen LogP contribution in [0.5, 0.6) is 0 Å². The predicted molar refractivity (Wildman–Crippen MR) is 377 cm³/mol. The zero-order valence-electron chi connectivity index (χ0n) is 57.2. The molecule has 4 aliphatic heterocycles. The molecule has 27 heteroatoms. The van der Waals surface area contributed by atoms with E-state index in [1.165, 1.54) is 18.2 Å². The maximum Gasteiger partial charge on any atom is 0.164 e. The van der Waals surface area contributed by atoms with Gasteiger partial charge in [-0.25, -0.2) is 33.1 Å². The minimum Gasteiger partial charge on any atom is -0.390 e. The smallest absolute Gasteiger partial charge is 0.164 e. The van der Waals surface area contributed by atoms with Crippen molar-refractivity contribution < 1.29 is 93.4 Å². The number of rotatable bonds is 14. The van der Waals surface area contributed by atoms with E-state index in [0.717, 1.165) is 67.1 Å². The Balaban J connectivity index is 0.000000124. The molecule has 12 N–H and O–H groups in total. The largest absolute Gasteiger partial charge is 0.390 e. The van der Waals surface area contributed by atoms with Crippen LogP contribution >= 0.6 is 0 Å². The van der Waals surface area contributed by atoms with E-state index in [9.17, 15) is 74.4 Å². The lowest BCUT2D eigenvalue weighted by Crippen LogP contribution is -2.39. The highest BCUT2D eigenvalue weighted by Crippen LogP contribution is 2.42. The summed E-state index contributed by atoms with van der Waals surface area (Å²) >= 11 is 0. The summed E-state index contributed by atoms with van der Waals surface area (Å²) in [6, 6.07) is 42.1. The SMILES string of the molecule is Cc1ccnc2c1ccn2C1OC(C(O)Cc2ccccc2)C(O)C1O.Cc1ccnc2c1ccn2C1OC(C(O)Cc2ccccc2)C(O)C1O.Cc1ccnc2c1ccn2C1OC(C(O)c2cc(F)cc(F)c2)C(O)C1O.Cc1ccnc2c1ccn2C1OC(C(O)c2cccc(F)c2)C(O)C1O. The third-order valence-corrected chi connectivity index (χ3v) is 19.9. The van der Waals surface area contributed by atoms with Crippen LogP contribution in [0.25, 0.3) is 44.1 Å². The topological polar surface area (TPSA) is 351 Å². The predicted octanol–water partition coefficient (Wildman–Crippen LogP) is 6.95. The quantitative estimate of drug-likeness (QED) is 0.0524. The molecular formula is C78H81F3N8O16. The Morgan fingerprint density at radius 2 is 0.629 bits per heavy atom. The monoisotopic (exact) mass is 1440 g/mol. The van der Waals surface area contributed by atoms with Crippen LogP contribution in [0.15, 0.2) is 201 Å². The molecule has 0 radical (unpaired) electrons. The fourth-order valence-corrected chi connectivity index (χ4v) is 14.2. The molecular weight excluding hydrogens is 1360 g/mol. The summed E-state index contributed by atoms with van der Waals surface area (Å²) in [4.78, 5) is 17.4. The van der Waals surface area contributed by atoms with E-state index in [1.807, 2.05) is 137 Å². The minimum absolute atomic E-state index is 0.0873. The molecule has 4 fully saturated rings. The summed E-state index contributed by atoms with van der Waals surface area (Å²) < 4.78 is 70.2. The van der Waals surface area contributed by atoms with Gasteiger partial charge in [-0.15, -0.1) is 0 Å². The number of ether oxygens (including phenoxy) is 4. The number of hydrogen-bond acceptors (Lipinski definition) is 20. The lowest BCUT2D eigenvalue weighted by atomic mass is 9.99. The summed E-state index contributed by atoms with van der Waals surface area (Å²) in [5, 5.41) is 129. The molecule has 12 aromatic rings. The van der Waals surface area contributed by atoms with E-state index < -0.39 is 140 Å². The van der Waals surface area contributed by atoms with E-state index in [4.69, 9.17) is 18.9 Å². The van der Waals surface area contributed by atoms with Crippen LogP contribution in [-0.4, -0.2) is 185 Å². The van der Waals surface area contributed by atoms with E-state index in [1.54, 1.807) is 73.9 Å². The molecule has 0 spiro atoms. The van der Waals surface area contributed by atoms with Gasteiger partial charge < -0.3 is 98.5 Å². The molecule has 20 atom stereocenters. The molecule has 16 rings (SSSR count). The normalized spacial score (nSPS) is 27.0. The standard InChI is InChI=1S/2C20H22N2O4.C19H18F2N2O4.C19H19FN2O4/c2*1-12-7-9-21-19-14(12)8-10-22(19)20-17(25)16(24)18(26-20)15(23)11-13-5-3-2-4-6-13;1-9-2-4-22-18-13(9)3-5-23(18)19-16(26)15(25)17(27-19)14(24)10-6-11(20)8-12(21)7-10;1-10-5-7-21-18-13(10)6-8-22(18)19-16(25)15(24)17(26-19)14(23)11-3-2-4-12(20)9-11/h2*2-10,15-18,20,23-25H,11H2,1H3;2-8,14-17,19,24-26H,1H3;2-9,14-17,19,23-25H,1H3. The Hall–Kier alpha value is -9.21. The van der Waals surface area contributed by atoms with Crippen LogP contribution in [0.2, 0.25) is 0 Å². The van der Waals surface area contributed by atoms with Crippen molar-refractivity contribution in [3.8, 4) is 0 Å². The number of nitrogens with zero attached hydrogens (tertiary/aromatic N) is 8. The van der Waals surface area contributed by atoms with Crippen LogP contribution in [0.4, 0.5) is 13.2 Å². The van der Waals surface area contributed by atoms with Crippen LogP contribution in [0.3, 0.4) is 0 Å². The Kier molecular flexibility index (Phi) is 22.2.